The molecule has 2 aromatic carbocycles. The van der Waals surface area contributed by atoms with Crippen LogP contribution < -0.4 is 10.1 Å². The summed E-state index contributed by atoms with van der Waals surface area (Å²) in [4.78, 5) is 27.4. The first-order chi connectivity index (χ1) is 20.4. The molecule has 2 unspecified atom stereocenters. The Bertz CT molecular complexity index is 1460. The highest BCUT2D eigenvalue weighted by molar-refractivity contribution is 6.39. The number of nitrogens with one attached hydrogen (secondary N) is 1. The molecule has 6 rings (SSSR count). The number of carbonyl (C=O) groups is 2. The molecule has 1 aliphatic carbocycles. The number of aromatic nitrogens is 1. The summed E-state index contributed by atoms with van der Waals surface area (Å²) < 4.78 is 22.8. The van der Waals surface area contributed by atoms with Crippen LogP contribution in [0.2, 0.25) is 10.0 Å². The largest absolute Gasteiger partial charge is 0.492 e. The van der Waals surface area contributed by atoms with E-state index in [0.717, 1.165) is 49.8 Å². The second-order valence-electron chi connectivity index (χ2n) is 11.0. The van der Waals surface area contributed by atoms with Gasteiger partial charge in [-0.05, 0) is 75.8 Å². The van der Waals surface area contributed by atoms with Gasteiger partial charge in [0.25, 0.3) is 0 Å². The Morgan fingerprint density at radius 3 is 2.43 bits per heavy atom. The van der Waals surface area contributed by atoms with Gasteiger partial charge in [0.2, 0.25) is 0 Å². The van der Waals surface area contributed by atoms with Gasteiger partial charge in [-0.15, -0.1) is 0 Å². The Morgan fingerprint density at radius 2 is 1.79 bits per heavy atom. The minimum absolute atomic E-state index is 0.0126. The first-order valence-corrected chi connectivity index (χ1v) is 15.1. The van der Waals surface area contributed by atoms with E-state index in [4.69, 9.17) is 41.9 Å². The number of esters is 1. The van der Waals surface area contributed by atoms with Gasteiger partial charge in [-0.1, -0.05) is 34.4 Å². The summed E-state index contributed by atoms with van der Waals surface area (Å²) in [5.74, 6) is 1.15. The zero-order valence-corrected chi connectivity index (χ0v) is 25.0. The predicted octanol–water partition coefficient (Wildman–Crippen LogP) is 7.46. The first kappa shape index (κ1) is 28.8. The van der Waals surface area contributed by atoms with Gasteiger partial charge in [0.05, 0.1) is 47.7 Å². The monoisotopic (exact) mass is 613 g/mol. The normalized spacial score (nSPS) is 21.3. The van der Waals surface area contributed by atoms with E-state index in [1.54, 1.807) is 36.4 Å². The van der Waals surface area contributed by atoms with E-state index < -0.39 is 5.97 Å². The van der Waals surface area contributed by atoms with Crippen molar-refractivity contribution in [2.24, 2.45) is 0 Å². The molecule has 1 aromatic heterocycles. The third-order valence-corrected chi connectivity index (χ3v) is 8.93. The molecular weight excluding hydrogens is 581 g/mol. The van der Waals surface area contributed by atoms with Crippen LogP contribution in [0.1, 0.15) is 73.0 Å². The van der Waals surface area contributed by atoms with E-state index in [2.05, 4.69) is 10.5 Å². The minimum atomic E-state index is -0.466. The molecule has 3 fully saturated rings. The molecule has 2 bridgehead atoms. The lowest BCUT2D eigenvalue weighted by atomic mass is 9.99. The number of nitrogens with zero attached hydrogens (tertiary/aromatic N) is 2. The summed E-state index contributed by atoms with van der Waals surface area (Å²) in [6, 6.07) is 10.2. The van der Waals surface area contributed by atoms with Crippen molar-refractivity contribution in [1.29, 1.82) is 0 Å². The quantitative estimate of drug-likeness (QED) is 0.250. The van der Waals surface area contributed by atoms with Gasteiger partial charge >= 0.3 is 12.0 Å². The molecule has 3 heterocycles. The molecule has 2 amide bonds. The fraction of sp³-hybridized carbons (Fsp3) is 0.452. The molecule has 222 valence electrons. The number of anilines is 1. The average molecular weight is 615 g/mol. The van der Waals surface area contributed by atoms with E-state index in [-0.39, 0.29) is 24.2 Å². The molecule has 1 N–H and O–H groups in total. The number of halogens is 2. The molecule has 2 aliphatic heterocycles. The lowest BCUT2D eigenvalue weighted by Crippen LogP contribution is -2.50. The van der Waals surface area contributed by atoms with Gasteiger partial charge in [0, 0.05) is 29.1 Å². The number of carbonyl (C=O) groups excluding carboxylic acids is 2. The fourth-order valence-corrected chi connectivity index (χ4v) is 6.75. The van der Waals surface area contributed by atoms with Crippen LogP contribution in [-0.4, -0.2) is 54.0 Å². The van der Waals surface area contributed by atoms with Crippen molar-refractivity contribution in [1.82, 2.24) is 10.1 Å². The van der Waals surface area contributed by atoms with Gasteiger partial charge in [0.1, 0.15) is 17.2 Å². The smallest absolute Gasteiger partial charge is 0.337 e. The molecule has 3 aromatic rings. The highest BCUT2D eigenvalue weighted by atomic mass is 35.5. The first-order valence-electron chi connectivity index (χ1n) is 14.4. The third kappa shape index (κ3) is 5.70. The number of amides is 2. The Kier molecular flexibility index (Phi) is 8.34. The molecule has 11 heteroatoms. The summed E-state index contributed by atoms with van der Waals surface area (Å²) in [5, 5.41) is 8.41. The van der Waals surface area contributed by atoms with Crippen LogP contribution in [-0.2, 0) is 16.1 Å². The Labute approximate surface area is 254 Å². The SMILES string of the molecule is CCOc1cc(C(=O)OC)ccc1NC(=O)N1C2CC[C@H]1CC(OCc1c(-c3c(Cl)cccc3Cl)noc1C1CC1)C2. The van der Waals surface area contributed by atoms with Crippen molar-refractivity contribution < 1.29 is 28.3 Å². The van der Waals surface area contributed by atoms with E-state index in [9.17, 15) is 9.59 Å². The lowest BCUT2D eigenvalue weighted by molar-refractivity contribution is -0.0158. The maximum atomic E-state index is 13.5. The minimum Gasteiger partial charge on any atom is -0.492 e. The number of fused-ring (bicyclic) bond motifs is 2. The van der Waals surface area contributed by atoms with Crippen molar-refractivity contribution in [3.8, 4) is 17.0 Å². The van der Waals surface area contributed by atoms with Crippen LogP contribution in [0.4, 0.5) is 10.5 Å². The molecule has 0 radical (unpaired) electrons. The predicted molar refractivity (Wildman–Crippen MR) is 158 cm³/mol. The van der Waals surface area contributed by atoms with Crippen molar-refractivity contribution in [3.63, 3.8) is 0 Å². The summed E-state index contributed by atoms with van der Waals surface area (Å²) in [6.07, 6.45) is 5.40. The maximum Gasteiger partial charge on any atom is 0.337 e. The second kappa shape index (κ2) is 12.1. The standard InChI is InChI=1S/C31H33Cl2N3O6/c1-3-40-26-13-18(30(37)39-2)9-12-25(26)34-31(38)36-19-10-11-20(36)15-21(14-19)41-16-22-28(35-42-29(22)17-7-8-17)27-23(32)5-4-6-24(27)33/h4-6,9,12-13,17,19-21H,3,7-8,10-11,14-16H2,1-2H3,(H,34,38)/t19-,20?,21?/m0/s1. The summed E-state index contributed by atoms with van der Waals surface area (Å²) >= 11 is 13.0. The number of hydrogen-bond acceptors (Lipinski definition) is 7. The molecule has 1 saturated carbocycles. The van der Waals surface area contributed by atoms with Gasteiger partial charge in [-0.2, -0.15) is 0 Å². The van der Waals surface area contributed by atoms with Crippen LogP contribution in [0.25, 0.3) is 11.3 Å². The molecule has 3 aliphatic rings. The zero-order valence-electron chi connectivity index (χ0n) is 23.5. The number of methoxy groups -OCH3 is 1. The number of piperidine rings is 1. The van der Waals surface area contributed by atoms with Gasteiger partial charge in [-0.25, -0.2) is 9.59 Å². The summed E-state index contributed by atoms with van der Waals surface area (Å²) in [7, 11) is 1.33. The van der Waals surface area contributed by atoms with E-state index in [0.29, 0.717) is 57.4 Å². The second-order valence-corrected chi connectivity index (χ2v) is 11.8. The maximum absolute atomic E-state index is 13.5. The van der Waals surface area contributed by atoms with Crippen LogP contribution >= 0.6 is 23.2 Å². The topological polar surface area (TPSA) is 103 Å². The van der Waals surface area contributed by atoms with Crippen molar-refractivity contribution in [2.45, 2.75) is 76.2 Å². The van der Waals surface area contributed by atoms with Crippen molar-refractivity contribution in [2.75, 3.05) is 19.0 Å². The van der Waals surface area contributed by atoms with Crippen molar-refractivity contribution >= 4 is 40.9 Å². The number of ether oxygens (including phenoxy) is 3. The highest BCUT2D eigenvalue weighted by Crippen LogP contribution is 2.46. The molecule has 9 nitrogen and oxygen atoms in total. The average Bonchev–Trinajstić information content (AvgIpc) is 3.68. The highest BCUT2D eigenvalue weighted by Gasteiger charge is 2.44. The molecule has 42 heavy (non-hydrogen) atoms. The lowest BCUT2D eigenvalue weighted by Gasteiger charge is -2.38. The Balaban J connectivity index is 1.14. The van der Waals surface area contributed by atoms with Crippen LogP contribution in [0.3, 0.4) is 0 Å². The number of hydrogen-bond donors (Lipinski definition) is 1. The Hall–Kier alpha value is -3.27. The van der Waals surface area contributed by atoms with E-state index >= 15 is 0 Å². The Morgan fingerprint density at radius 1 is 1.07 bits per heavy atom. The van der Waals surface area contributed by atoms with Crippen LogP contribution in [0.5, 0.6) is 5.75 Å². The summed E-state index contributed by atoms with van der Waals surface area (Å²) in [5.41, 5.74) is 3.06. The number of rotatable bonds is 9. The van der Waals surface area contributed by atoms with Crippen LogP contribution in [0, 0.1) is 0 Å². The number of urea groups is 1. The number of benzene rings is 2. The molecule has 2 saturated heterocycles. The van der Waals surface area contributed by atoms with Crippen LogP contribution in [0.15, 0.2) is 40.9 Å². The third-order valence-electron chi connectivity index (χ3n) is 8.30. The fourth-order valence-electron chi connectivity index (χ4n) is 6.17. The molecular formula is C31H33Cl2N3O6. The zero-order chi connectivity index (χ0) is 29.4. The van der Waals surface area contributed by atoms with E-state index in [1.165, 1.54) is 7.11 Å². The van der Waals surface area contributed by atoms with Gasteiger partial charge in [-0.3, -0.25) is 0 Å². The van der Waals surface area contributed by atoms with Gasteiger partial charge < -0.3 is 29.0 Å². The van der Waals surface area contributed by atoms with Gasteiger partial charge in [0.15, 0.2) is 0 Å². The molecule has 3 atom stereocenters. The van der Waals surface area contributed by atoms with Crippen molar-refractivity contribution in [3.05, 3.63) is 63.3 Å². The summed E-state index contributed by atoms with van der Waals surface area (Å²) in [6.45, 7) is 2.58. The van der Waals surface area contributed by atoms with E-state index in [1.807, 2.05) is 11.8 Å². The molecule has 0 spiro atoms.